The van der Waals surface area contributed by atoms with Gasteiger partial charge in [0, 0.05) is 34.6 Å². The predicted molar refractivity (Wildman–Crippen MR) is 80.5 cm³/mol. The Morgan fingerprint density at radius 1 is 1.21 bits per heavy atom. The molecule has 0 aliphatic carbocycles. The molecule has 0 amide bonds. The lowest BCUT2D eigenvalue weighted by molar-refractivity contribution is 0.259. The minimum Gasteiger partial charge on any atom is -0.497 e. The van der Waals surface area contributed by atoms with Gasteiger partial charge in [-0.25, -0.2) is 0 Å². The largest absolute Gasteiger partial charge is 0.497 e. The van der Waals surface area contributed by atoms with E-state index >= 15 is 0 Å². The topological polar surface area (TPSA) is 44.5 Å². The fraction of sp³-hybridized carbons (Fsp3) is 0.214. The van der Waals surface area contributed by atoms with Crippen molar-refractivity contribution in [2.45, 2.75) is 6.42 Å². The Labute approximate surface area is 125 Å². The average Bonchev–Trinajstić information content (AvgIpc) is 2.88. The molecule has 0 aliphatic rings. The van der Waals surface area contributed by atoms with Crippen LogP contribution in [0.2, 0.25) is 0 Å². The van der Waals surface area contributed by atoms with E-state index in [9.17, 15) is 0 Å². The van der Waals surface area contributed by atoms with E-state index in [0.29, 0.717) is 12.4 Å². The Morgan fingerprint density at radius 3 is 2.53 bits per heavy atom. The second-order valence-corrected chi connectivity index (χ2v) is 4.22. The molecule has 0 unspecified atom stereocenters. The van der Waals surface area contributed by atoms with Gasteiger partial charge in [-0.2, -0.15) is 0 Å². The van der Waals surface area contributed by atoms with Crippen LogP contribution in [-0.4, -0.2) is 19.4 Å². The SMILES string of the molecule is COc1ccc(-c2noc(OC)c2CC#CI)cc1. The summed E-state index contributed by atoms with van der Waals surface area (Å²) < 4.78 is 18.3. The summed E-state index contributed by atoms with van der Waals surface area (Å²) in [5.74, 6) is 4.20. The van der Waals surface area contributed by atoms with E-state index in [1.54, 1.807) is 14.2 Å². The Balaban J connectivity index is 2.41. The van der Waals surface area contributed by atoms with Crippen LogP contribution < -0.4 is 9.47 Å². The first-order valence-electron chi connectivity index (χ1n) is 5.55. The van der Waals surface area contributed by atoms with Gasteiger partial charge in [0.25, 0.3) is 0 Å². The van der Waals surface area contributed by atoms with E-state index in [2.05, 4.69) is 15.0 Å². The molecule has 0 fully saturated rings. The van der Waals surface area contributed by atoms with Crippen LogP contribution in [0.15, 0.2) is 28.8 Å². The molecule has 0 saturated heterocycles. The Bertz CT molecular complexity index is 608. The van der Waals surface area contributed by atoms with Crippen molar-refractivity contribution in [3.8, 4) is 32.8 Å². The van der Waals surface area contributed by atoms with Gasteiger partial charge in [-0.05, 0) is 28.2 Å². The zero-order chi connectivity index (χ0) is 13.7. The van der Waals surface area contributed by atoms with Crippen LogP contribution in [0.3, 0.4) is 0 Å². The second-order valence-electron chi connectivity index (χ2n) is 3.68. The normalized spacial score (nSPS) is 9.63. The third-order valence-corrected chi connectivity index (χ3v) is 3.01. The number of methoxy groups -OCH3 is 2. The summed E-state index contributed by atoms with van der Waals surface area (Å²) >= 11 is 2.00. The number of hydrogen-bond acceptors (Lipinski definition) is 4. The highest BCUT2D eigenvalue weighted by Crippen LogP contribution is 2.31. The lowest BCUT2D eigenvalue weighted by Gasteiger charge is -2.02. The Hall–Kier alpha value is -1.68. The molecular weight excluding hydrogens is 357 g/mol. The van der Waals surface area contributed by atoms with Gasteiger partial charge in [0.2, 0.25) is 0 Å². The molecular formula is C14H12INO3. The van der Waals surface area contributed by atoms with Crippen molar-refractivity contribution in [3.05, 3.63) is 29.8 Å². The molecule has 0 saturated carbocycles. The molecule has 2 rings (SSSR count). The van der Waals surface area contributed by atoms with Crippen molar-refractivity contribution in [3.63, 3.8) is 0 Å². The minimum atomic E-state index is 0.407. The van der Waals surface area contributed by atoms with Gasteiger partial charge in [-0.1, -0.05) is 11.1 Å². The molecule has 19 heavy (non-hydrogen) atoms. The molecule has 0 radical (unpaired) electrons. The maximum Gasteiger partial charge on any atom is 0.315 e. The van der Waals surface area contributed by atoms with Gasteiger partial charge in [-0.15, -0.1) is 0 Å². The van der Waals surface area contributed by atoms with Gasteiger partial charge in [0.05, 0.1) is 19.8 Å². The molecule has 0 N–H and O–H groups in total. The highest BCUT2D eigenvalue weighted by Gasteiger charge is 2.17. The smallest absolute Gasteiger partial charge is 0.315 e. The van der Waals surface area contributed by atoms with E-state index in [4.69, 9.17) is 14.0 Å². The summed E-state index contributed by atoms with van der Waals surface area (Å²) in [5.41, 5.74) is 2.55. The van der Waals surface area contributed by atoms with Gasteiger partial charge in [-0.3, -0.25) is 0 Å². The average molecular weight is 369 g/mol. The predicted octanol–water partition coefficient (Wildman–Crippen LogP) is 3.30. The highest BCUT2D eigenvalue weighted by molar-refractivity contribution is 14.1. The first-order chi connectivity index (χ1) is 9.30. The molecule has 1 aromatic heterocycles. The molecule has 98 valence electrons. The lowest BCUT2D eigenvalue weighted by Crippen LogP contribution is -1.90. The number of aromatic nitrogens is 1. The monoisotopic (exact) mass is 369 g/mol. The summed E-state index contributed by atoms with van der Waals surface area (Å²) in [6.07, 6.45) is 0.539. The Kier molecular flexibility index (Phi) is 4.68. The van der Waals surface area contributed by atoms with Crippen molar-refractivity contribution in [1.29, 1.82) is 0 Å². The fourth-order valence-corrected chi connectivity index (χ4v) is 1.90. The van der Waals surface area contributed by atoms with Crippen LogP contribution in [0.4, 0.5) is 0 Å². The van der Waals surface area contributed by atoms with Crippen LogP contribution in [0, 0.1) is 9.85 Å². The maximum absolute atomic E-state index is 5.18. The minimum absolute atomic E-state index is 0.407. The standard InChI is InChI=1S/C14H12INO3/c1-17-11-7-5-10(6-8-11)13-12(4-3-9-15)14(18-2)19-16-13/h5-8H,4H2,1-2H3. The van der Waals surface area contributed by atoms with Crippen molar-refractivity contribution in [2.75, 3.05) is 14.2 Å². The molecule has 1 aromatic carbocycles. The summed E-state index contributed by atoms with van der Waals surface area (Å²) in [4.78, 5) is 0. The molecule has 0 aliphatic heterocycles. The van der Waals surface area contributed by atoms with Crippen LogP contribution in [0.1, 0.15) is 5.56 Å². The summed E-state index contributed by atoms with van der Waals surface area (Å²) in [7, 11) is 3.19. The van der Waals surface area contributed by atoms with Crippen LogP contribution in [0.5, 0.6) is 11.7 Å². The number of benzene rings is 1. The summed E-state index contributed by atoms with van der Waals surface area (Å²) in [6.45, 7) is 0. The Morgan fingerprint density at radius 2 is 1.95 bits per heavy atom. The van der Waals surface area contributed by atoms with Crippen molar-refractivity contribution in [2.24, 2.45) is 0 Å². The van der Waals surface area contributed by atoms with Crippen molar-refractivity contribution < 1.29 is 14.0 Å². The van der Waals surface area contributed by atoms with E-state index in [1.165, 1.54) is 0 Å². The number of hydrogen-bond donors (Lipinski definition) is 0. The number of rotatable bonds is 4. The van der Waals surface area contributed by atoms with E-state index < -0.39 is 0 Å². The first kappa shape index (κ1) is 13.7. The van der Waals surface area contributed by atoms with Gasteiger partial charge >= 0.3 is 5.95 Å². The lowest BCUT2D eigenvalue weighted by atomic mass is 10.1. The van der Waals surface area contributed by atoms with E-state index in [-0.39, 0.29) is 0 Å². The molecule has 0 bridgehead atoms. The van der Waals surface area contributed by atoms with Gasteiger partial charge < -0.3 is 14.0 Å². The van der Waals surface area contributed by atoms with Crippen LogP contribution >= 0.6 is 22.6 Å². The highest BCUT2D eigenvalue weighted by atomic mass is 127. The third-order valence-electron chi connectivity index (χ3n) is 2.63. The van der Waals surface area contributed by atoms with Crippen LogP contribution in [-0.2, 0) is 6.42 Å². The number of halogens is 1. The van der Waals surface area contributed by atoms with Crippen molar-refractivity contribution in [1.82, 2.24) is 5.16 Å². The second kappa shape index (κ2) is 6.48. The molecule has 1 heterocycles. The molecule has 4 nitrogen and oxygen atoms in total. The van der Waals surface area contributed by atoms with Gasteiger partial charge in [0.1, 0.15) is 11.4 Å². The van der Waals surface area contributed by atoms with Gasteiger partial charge in [0.15, 0.2) is 0 Å². The summed E-state index contributed by atoms with van der Waals surface area (Å²) in [5, 5.41) is 4.05. The fourth-order valence-electron chi connectivity index (χ4n) is 1.71. The third kappa shape index (κ3) is 3.01. The zero-order valence-corrected chi connectivity index (χ0v) is 12.7. The number of ether oxygens (including phenoxy) is 2. The van der Waals surface area contributed by atoms with Crippen molar-refractivity contribution >= 4 is 22.6 Å². The summed E-state index contributed by atoms with van der Waals surface area (Å²) in [6, 6.07) is 7.61. The first-order valence-corrected chi connectivity index (χ1v) is 6.63. The van der Waals surface area contributed by atoms with E-state index in [0.717, 1.165) is 22.6 Å². The molecule has 0 atom stereocenters. The maximum atomic E-state index is 5.18. The quantitative estimate of drug-likeness (QED) is 0.613. The number of nitrogens with zero attached hydrogens (tertiary/aromatic N) is 1. The van der Waals surface area contributed by atoms with Crippen LogP contribution in [0.25, 0.3) is 11.3 Å². The molecule has 5 heteroatoms. The molecule has 0 spiro atoms. The zero-order valence-electron chi connectivity index (χ0n) is 10.6. The van der Waals surface area contributed by atoms with E-state index in [1.807, 2.05) is 46.9 Å². The molecule has 2 aromatic rings.